The molecular formula is C12H12Br2N2OS. The van der Waals surface area contributed by atoms with Crippen molar-refractivity contribution in [2.75, 3.05) is 7.05 Å². The van der Waals surface area contributed by atoms with Gasteiger partial charge in [-0.1, -0.05) is 0 Å². The number of halogens is 2. The summed E-state index contributed by atoms with van der Waals surface area (Å²) >= 11 is 8.65. The van der Waals surface area contributed by atoms with E-state index in [-0.39, 0.29) is 0 Å². The van der Waals surface area contributed by atoms with Gasteiger partial charge >= 0.3 is 0 Å². The van der Waals surface area contributed by atoms with Crippen LogP contribution >= 0.6 is 43.2 Å². The summed E-state index contributed by atoms with van der Waals surface area (Å²) in [5.41, 5.74) is 1.19. The molecule has 0 atom stereocenters. The zero-order valence-corrected chi connectivity index (χ0v) is 13.7. The molecule has 96 valence electrons. The van der Waals surface area contributed by atoms with E-state index in [1.54, 1.807) is 17.5 Å². The zero-order valence-electron chi connectivity index (χ0n) is 9.74. The Morgan fingerprint density at radius 1 is 1.33 bits per heavy atom. The lowest BCUT2D eigenvalue weighted by Crippen LogP contribution is -2.05. The van der Waals surface area contributed by atoms with Crippen LogP contribution in [0.25, 0.3) is 0 Å². The van der Waals surface area contributed by atoms with Crippen molar-refractivity contribution in [2.24, 2.45) is 0 Å². The summed E-state index contributed by atoms with van der Waals surface area (Å²) < 4.78 is 7.67. The van der Waals surface area contributed by atoms with Gasteiger partial charge in [0.05, 0.1) is 8.95 Å². The molecule has 0 unspecified atom stereocenters. The molecule has 0 spiro atoms. The molecule has 0 aliphatic heterocycles. The number of nitrogens with zero attached hydrogens (tertiary/aromatic N) is 1. The Hall–Kier alpha value is -0.430. The molecule has 18 heavy (non-hydrogen) atoms. The van der Waals surface area contributed by atoms with Crippen LogP contribution in [-0.4, -0.2) is 12.0 Å². The molecular weight excluding hydrogens is 380 g/mol. The minimum atomic E-state index is 0.486. The molecule has 2 rings (SSSR count). The normalized spacial score (nSPS) is 10.6. The second kappa shape index (κ2) is 6.65. The molecule has 1 aromatic carbocycles. The Morgan fingerprint density at radius 2 is 2.06 bits per heavy atom. The van der Waals surface area contributed by atoms with Crippen molar-refractivity contribution in [1.82, 2.24) is 10.3 Å². The Bertz CT molecular complexity index is 494. The summed E-state index contributed by atoms with van der Waals surface area (Å²) in [6.07, 6.45) is 1.78. The van der Waals surface area contributed by atoms with Crippen molar-refractivity contribution >= 4 is 43.2 Å². The highest BCUT2D eigenvalue weighted by atomic mass is 79.9. The van der Waals surface area contributed by atoms with Gasteiger partial charge < -0.3 is 10.1 Å². The van der Waals surface area contributed by atoms with Gasteiger partial charge in [-0.3, -0.25) is 0 Å². The van der Waals surface area contributed by atoms with Crippen LogP contribution in [0.2, 0.25) is 0 Å². The number of ether oxygens (including phenoxy) is 1. The molecule has 0 radical (unpaired) electrons. The average Bonchev–Trinajstić information content (AvgIpc) is 2.81. The van der Waals surface area contributed by atoms with Crippen molar-refractivity contribution < 1.29 is 4.74 Å². The van der Waals surface area contributed by atoms with E-state index in [0.29, 0.717) is 6.61 Å². The maximum absolute atomic E-state index is 5.78. The van der Waals surface area contributed by atoms with Gasteiger partial charge in [-0.25, -0.2) is 4.98 Å². The smallest absolute Gasteiger partial charge is 0.148 e. The third-order valence-corrected chi connectivity index (χ3v) is 4.19. The van der Waals surface area contributed by atoms with Gasteiger partial charge in [-0.2, -0.15) is 0 Å². The standard InChI is InChI=1S/C12H12Br2N2OS/c1-15-6-8-4-9(13)12(10(14)5-8)17-7-11-16-2-3-18-11/h2-5,15H,6-7H2,1H3. The van der Waals surface area contributed by atoms with E-state index in [1.165, 1.54) is 5.56 Å². The molecule has 0 aliphatic carbocycles. The molecule has 0 fully saturated rings. The largest absolute Gasteiger partial charge is 0.484 e. The Kier molecular flexibility index (Phi) is 5.17. The highest BCUT2D eigenvalue weighted by molar-refractivity contribution is 9.11. The van der Waals surface area contributed by atoms with E-state index in [9.17, 15) is 0 Å². The second-order valence-corrected chi connectivity index (χ2v) is 6.32. The monoisotopic (exact) mass is 390 g/mol. The lowest BCUT2D eigenvalue weighted by atomic mass is 10.2. The number of hydrogen-bond acceptors (Lipinski definition) is 4. The lowest BCUT2D eigenvalue weighted by molar-refractivity contribution is 0.301. The minimum Gasteiger partial charge on any atom is -0.484 e. The first-order chi connectivity index (χ1) is 8.70. The van der Waals surface area contributed by atoms with Crippen molar-refractivity contribution in [3.05, 3.63) is 43.2 Å². The number of aromatic nitrogens is 1. The van der Waals surface area contributed by atoms with E-state index in [4.69, 9.17) is 4.74 Å². The highest BCUT2D eigenvalue weighted by Gasteiger charge is 2.09. The SMILES string of the molecule is CNCc1cc(Br)c(OCc2nccs2)c(Br)c1. The summed E-state index contributed by atoms with van der Waals surface area (Å²) in [5, 5.41) is 6.03. The third kappa shape index (κ3) is 3.54. The highest BCUT2D eigenvalue weighted by Crippen LogP contribution is 2.35. The number of nitrogens with one attached hydrogen (secondary N) is 1. The molecule has 1 heterocycles. The maximum atomic E-state index is 5.78. The summed E-state index contributed by atoms with van der Waals surface area (Å²) in [4.78, 5) is 4.19. The van der Waals surface area contributed by atoms with Gasteiger partial charge in [-0.15, -0.1) is 11.3 Å². The van der Waals surface area contributed by atoms with Crippen LogP contribution in [0, 0.1) is 0 Å². The first kappa shape index (κ1) is 14.0. The van der Waals surface area contributed by atoms with Gasteiger partial charge in [0.25, 0.3) is 0 Å². The van der Waals surface area contributed by atoms with E-state index >= 15 is 0 Å². The van der Waals surface area contributed by atoms with Crippen LogP contribution in [0.3, 0.4) is 0 Å². The molecule has 0 bridgehead atoms. The molecule has 0 aliphatic rings. The van der Waals surface area contributed by atoms with Crippen LogP contribution in [0.15, 0.2) is 32.7 Å². The van der Waals surface area contributed by atoms with Gasteiger partial charge in [0.2, 0.25) is 0 Å². The quantitative estimate of drug-likeness (QED) is 0.837. The first-order valence-electron chi connectivity index (χ1n) is 5.34. The minimum absolute atomic E-state index is 0.486. The van der Waals surface area contributed by atoms with Crippen LogP contribution in [0.4, 0.5) is 0 Å². The molecule has 1 aromatic heterocycles. The fourth-order valence-corrected chi connectivity index (χ4v) is 3.55. The number of hydrogen-bond donors (Lipinski definition) is 1. The molecule has 2 aromatic rings. The first-order valence-corrected chi connectivity index (χ1v) is 7.81. The van der Waals surface area contributed by atoms with Crippen LogP contribution in [0.1, 0.15) is 10.6 Å². The van der Waals surface area contributed by atoms with Gasteiger partial charge in [0, 0.05) is 18.1 Å². The summed E-state index contributed by atoms with van der Waals surface area (Å²) in [6, 6.07) is 4.11. The second-order valence-electron chi connectivity index (χ2n) is 3.63. The Morgan fingerprint density at radius 3 is 2.61 bits per heavy atom. The summed E-state index contributed by atoms with van der Waals surface area (Å²) in [5.74, 6) is 0.810. The number of rotatable bonds is 5. The van der Waals surface area contributed by atoms with Gasteiger partial charge in [0.1, 0.15) is 17.4 Å². The van der Waals surface area contributed by atoms with E-state index < -0.39 is 0 Å². The fraction of sp³-hybridized carbons (Fsp3) is 0.250. The summed E-state index contributed by atoms with van der Waals surface area (Å²) in [7, 11) is 1.93. The topological polar surface area (TPSA) is 34.1 Å². The Balaban J connectivity index is 2.12. The van der Waals surface area contributed by atoms with E-state index in [0.717, 1.165) is 26.2 Å². The number of thiazole rings is 1. The van der Waals surface area contributed by atoms with Crippen LogP contribution in [0.5, 0.6) is 5.75 Å². The zero-order chi connectivity index (χ0) is 13.0. The predicted molar refractivity (Wildman–Crippen MR) is 81.1 cm³/mol. The fourth-order valence-electron chi connectivity index (χ4n) is 1.51. The van der Waals surface area contributed by atoms with Gasteiger partial charge in [0.15, 0.2) is 0 Å². The molecule has 3 nitrogen and oxygen atoms in total. The third-order valence-electron chi connectivity index (χ3n) is 2.26. The van der Waals surface area contributed by atoms with Crippen LogP contribution < -0.4 is 10.1 Å². The number of benzene rings is 1. The van der Waals surface area contributed by atoms with Crippen LogP contribution in [-0.2, 0) is 13.2 Å². The van der Waals surface area contributed by atoms with Gasteiger partial charge in [-0.05, 0) is 56.6 Å². The van der Waals surface area contributed by atoms with Crippen molar-refractivity contribution in [3.8, 4) is 5.75 Å². The molecule has 1 N–H and O–H groups in total. The molecule has 0 saturated carbocycles. The summed E-state index contributed by atoms with van der Waals surface area (Å²) in [6.45, 7) is 1.31. The Labute approximate surface area is 127 Å². The van der Waals surface area contributed by atoms with Crippen molar-refractivity contribution in [1.29, 1.82) is 0 Å². The lowest BCUT2D eigenvalue weighted by Gasteiger charge is -2.11. The maximum Gasteiger partial charge on any atom is 0.148 e. The molecule has 0 amide bonds. The average molecular weight is 392 g/mol. The molecule has 0 saturated heterocycles. The van der Waals surface area contributed by atoms with E-state index in [1.807, 2.05) is 12.4 Å². The molecule has 6 heteroatoms. The van der Waals surface area contributed by atoms with E-state index in [2.05, 4.69) is 54.3 Å². The van der Waals surface area contributed by atoms with Crippen molar-refractivity contribution in [2.45, 2.75) is 13.2 Å². The van der Waals surface area contributed by atoms with Crippen molar-refractivity contribution in [3.63, 3.8) is 0 Å². The predicted octanol–water partition coefficient (Wildman–Crippen LogP) is 3.97.